The lowest BCUT2D eigenvalue weighted by atomic mass is 10.2. The van der Waals surface area contributed by atoms with Gasteiger partial charge in [0.05, 0.1) is 12.7 Å². The van der Waals surface area contributed by atoms with Gasteiger partial charge in [0.15, 0.2) is 0 Å². The van der Waals surface area contributed by atoms with Crippen LogP contribution < -0.4 is 5.32 Å². The van der Waals surface area contributed by atoms with Crippen LogP contribution in [-0.4, -0.2) is 37.4 Å². The van der Waals surface area contributed by atoms with Crippen molar-refractivity contribution >= 4 is 27.9 Å². The molecule has 19 heavy (non-hydrogen) atoms. The minimum absolute atomic E-state index is 0.0813. The Bertz CT molecular complexity index is 465. The topological polar surface area (TPSA) is 58.6 Å². The molecule has 1 unspecified atom stereocenters. The van der Waals surface area contributed by atoms with Crippen molar-refractivity contribution in [2.24, 2.45) is 0 Å². The van der Waals surface area contributed by atoms with Gasteiger partial charge in [0, 0.05) is 29.8 Å². The second-order valence-corrected chi connectivity index (χ2v) is 4.77. The molecule has 1 aromatic rings. The van der Waals surface area contributed by atoms with Gasteiger partial charge >= 0.3 is 0 Å². The van der Waals surface area contributed by atoms with Gasteiger partial charge in [0.2, 0.25) is 5.91 Å². The van der Waals surface area contributed by atoms with E-state index in [0.29, 0.717) is 5.56 Å². The zero-order valence-electron chi connectivity index (χ0n) is 10.4. The highest BCUT2D eigenvalue weighted by atomic mass is 79.9. The van der Waals surface area contributed by atoms with E-state index in [0.717, 1.165) is 4.47 Å². The molecule has 1 rings (SSSR count). The third kappa shape index (κ3) is 5.96. The minimum atomic E-state index is -0.759. The molecule has 0 spiro atoms. The van der Waals surface area contributed by atoms with E-state index in [1.54, 1.807) is 12.1 Å². The number of rotatable bonds is 6. The molecule has 2 N–H and O–H groups in total. The summed E-state index contributed by atoms with van der Waals surface area (Å²) in [5.74, 6) is -0.818. The van der Waals surface area contributed by atoms with Crippen LogP contribution in [0.15, 0.2) is 28.7 Å². The van der Waals surface area contributed by atoms with Crippen molar-refractivity contribution in [1.29, 1.82) is 0 Å². The van der Waals surface area contributed by atoms with E-state index >= 15 is 0 Å². The lowest BCUT2D eigenvalue weighted by Crippen LogP contribution is -2.33. The van der Waals surface area contributed by atoms with Crippen molar-refractivity contribution in [3.05, 3.63) is 40.1 Å². The molecule has 4 nitrogen and oxygen atoms in total. The van der Waals surface area contributed by atoms with Crippen molar-refractivity contribution < 1.29 is 19.0 Å². The number of methoxy groups -OCH3 is 1. The van der Waals surface area contributed by atoms with Gasteiger partial charge in [-0.2, -0.15) is 0 Å². The first kappa shape index (κ1) is 15.8. The summed E-state index contributed by atoms with van der Waals surface area (Å²) >= 11 is 3.22. The van der Waals surface area contributed by atoms with E-state index in [1.165, 1.54) is 25.3 Å². The normalized spacial score (nSPS) is 12.6. The molecule has 0 aromatic heterocycles. The Labute approximate surface area is 119 Å². The highest BCUT2D eigenvalue weighted by Gasteiger charge is 2.05. The van der Waals surface area contributed by atoms with E-state index < -0.39 is 17.8 Å². The molecule has 6 heteroatoms. The number of aliphatic hydroxyl groups excluding tert-OH is 1. The van der Waals surface area contributed by atoms with Crippen LogP contribution in [0, 0.1) is 5.82 Å². The van der Waals surface area contributed by atoms with E-state index in [4.69, 9.17) is 4.74 Å². The number of nitrogens with one attached hydrogen (secondary N) is 1. The summed E-state index contributed by atoms with van der Waals surface area (Å²) in [4.78, 5) is 11.4. The Kier molecular flexibility index (Phi) is 6.69. The minimum Gasteiger partial charge on any atom is -0.389 e. The van der Waals surface area contributed by atoms with E-state index in [-0.39, 0.29) is 13.2 Å². The number of benzene rings is 1. The predicted molar refractivity (Wildman–Crippen MR) is 74.0 cm³/mol. The molecule has 0 bridgehead atoms. The number of carbonyl (C=O) groups excluding carboxylic acids is 1. The summed E-state index contributed by atoms with van der Waals surface area (Å²) in [6.45, 7) is 0.224. The first-order valence-corrected chi connectivity index (χ1v) is 6.40. The fraction of sp³-hybridized carbons (Fsp3) is 0.308. The van der Waals surface area contributed by atoms with Gasteiger partial charge < -0.3 is 15.2 Å². The molecule has 0 fully saturated rings. The van der Waals surface area contributed by atoms with Crippen molar-refractivity contribution in [3.8, 4) is 0 Å². The van der Waals surface area contributed by atoms with Gasteiger partial charge in [-0.3, -0.25) is 4.79 Å². The zero-order chi connectivity index (χ0) is 14.3. The third-order valence-electron chi connectivity index (χ3n) is 2.24. The fourth-order valence-corrected chi connectivity index (χ4v) is 1.72. The number of aliphatic hydroxyl groups is 1. The maximum Gasteiger partial charge on any atom is 0.244 e. The van der Waals surface area contributed by atoms with E-state index in [2.05, 4.69) is 21.2 Å². The number of hydrogen-bond acceptors (Lipinski definition) is 3. The first-order chi connectivity index (χ1) is 9.02. The third-order valence-corrected chi connectivity index (χ3v) is 2.74. The standard InChI is InChI=1S/C13H15BrFNO3/c1-19-8-11(17)7-16-13(18)5-2-9-6-10(14)3-4-12(9)15/h2-6,11,17H,7-8H2,1H3,(H,16,18)/b5-2+. The monoisotopic (exact) mass is 331 g/mol. The van der Waals surface area contributed by atoms with E-state index in [9.17, 15) is 14.3 Å². The second-order valence-electron chi connectivity index (χ2n) is 3.85. The lowest BCUT2D eigenvalue weighted by molar-refractivity contribution is -0.117. The van der Waals surface area contributed by atoms with Crippen molar-refractivity contribution in [1.82, 2.24) is 5.32 Å². The molecule has 1 atom stereocenters. The van der Waals surface area contributed by atoms with Gasteiger partial charge in [-0.1, -0.05) is 15.9 Å². The van der Waals surface area contributed by atoms with Crippen LogP contribution in [0.1, 0.15) is 5.56 Å². The quantitative estimate of drug-likeness (QED) is 0.780. The molecular formula is C13H15BrFNO3. The molecular weight excluding hydrogens is 317 g/mol. The summed E-state index contributed by atoms with van der Waals surface area (Å²) in [6, 6.07) is 4.46. The van der Waals surface area contributed by atoms with Crippen molar-refractivity contribution in [2.45, 2.75) is 6.10 Å². The number of hydrogen-bond donors (Lipinski definition) is 2. The predicted octanol–water partition coefficient (Wildman–Crippen LogP) is 1.72. The number of amides is 1. The van der Waals surface area contributed by atoms with Gasteiger partial charge in [0.1, 0.15) is 5.82 Å². The first-order valence-electron chi connectivity index (χ1n) is 5.61. The SMILES string of the molecule is COCC(O)CNC(=O)/C=C/c1cc(Br)ccc1F. The highest BCUT2D eigenvalue weighted by Crippen LogP contribution is 2.16. The van der Waals surface area contributed by atoms with Gasteiger partial charge in [-0.15, -0.1) is 0 Å². The molecule has 104 valence electrons. The van der Waals surface area contributed by atoms with E-state index in [1.807, 2.05) is 0 Å². The molecule has 0 radical (unpaired) electrons. The molecule has 0 aliphatic heterocycles. The summed E-state index contributed by atoms with van der Waals surface area (Å²) in [6.07, 6.45) is 1.83. The Balaban J connectivity index is 2.52. The van der Waals surface area contributed by atoms with Crippen LogP contribution >= 0.6 is 15.9 Å². The zero-order valence-corrected chi connectivity index (χ0v) is 12.0. The van der Waals surface area contributed by atoms with Crippen molar-refractivity contribution in [3.63, 3.8) is 0 Å². The molecule has 0 saturated heterocycles. The smallest absolute Gasteiger partial charge is 0.244 e. The average molecular weight is 332 g/mol. The van der Waals surface area contributed by atoms with Crippen molar-refractivity contribution in [2.75, 3.05) is 20.3 Å². The Morgan fingerprint density at radius 3 is 3.05 bits per heavy atom. The Hall–Kier alpha value is -1.24. The van der Waals surface area contributed by atoms with Crippen LogP contribution in [0.25, 0.3) is 6.08 Å². The van der Waals surface area contributed by atoms with Gasteiger partial charge in [0.25, 0.3) is 0 Å². The summed E-state index contributed by atoms with van der Waals surface area (Å²) in [7, 11) is 1.46. The summed E-state index contributed by atoms with van der Waals surface area (Å²) < 4.78 is 18.8. The highest BCUT2D eigenvalue weighted by molar-refractivity contribution is 9.10. The molecule has 0 saturated carbocycles. The largest absolute Gasteiger partial charge is 0.389 e. The fourth-order valence-electron chi connectivity index (χ4n) is 1.34. The van der Waals surface area contributed by atoms with Gasteiger partial charge in [-0.25, -0.2) is 4.39 Å². The second kappa shape index (κ2) is 8.04. The number of halogens is 2. The van der Waals surface area contributed by atoms with Crippen LogP contribution in [0.4, 0.5) is 4.39 Å². The molecule has 1 aromatic carbocycles. The average Bonchev–Trinajstić information content (AvgIpc) is 2.38. The lowest BCUT2D eigenvalue weighted by Gasteiger charge is -2.09. The maximum absolute atomic E-state index is 13.4. The summed E-state index contributed by atoms with van der Waals surface area (Å²) in [5.41, 5.74) is 0.307. The Morgan fingerprint density at radius 2 is 2.37 bits per heavy atom. The molecule has 0 aliphatic carbocycles. The maximum atomic E-state index is 13.4. The number of carbonyl (C=O) groups is 1. The van der Waals surface area contributed by atoms with Crippen LogP contribution in [0.3, 0.4) is 0 Å². The Morgan fingerprint density at radius 1 is 1.63 bits per heavy atom. The van der Waals surface area contributed by atoms with Crippen LogP contribution in [0.2, 0.25) is 0 Å². The molecule has 0 aliphatic rings. The van der Waals surface area contributed by atoms with Gasteiger partial charge in [-0.05, 0) is 24.3 Å². The number of ether oxygens (including phenoxy) is 1. The van der Waals surface area contributed by atoms with Crippen LogP contribution in [0.5, 0.6) is 0 Å². The molecule has 1 amide bonds. The van der Waals surface area contributed by atoms with Crippen LogP contribution in [-0.2, 0) is 9.53 Å². The molecule has 0 heterocycles. The summed E-state index contributed by atoms with van der Waals surface area (Å²) in [5, 5.41) is 11.8.